The van der Waals surface area contributed by atoms with Gasteiger partial charge in [-0.25, -0.2) is 4.79 Å². The second kappa shape index (κ2) is 21.5. The second-order valence-corrected chi connectivity index (χ2v) is 17.6. The maximum atomic E-state index is 14.2. The Balaban J connectivity index is 1.24. The van der Waals surface area contributed by atoms with E-state index in [0.29, 0.717) is 57.0 Å². The Morgan fingerprint density at radius 1 is 0.806 bits per heavy atom. The summed E-state index contributed by atoms with van der Waals surface area (Å²) in [7, 11) is 1.77. The molecule has 17 heteroatoms. The SMILES string of the molecule is CC(C)C[C@H](NC(=O)[C@H](CCc1ccccc1)NC(=O)C[N+]1(COC(=O)c2ccc(-c3cn(C)nn3)cc2)CCOCC1)C(=O)N[C@@H](C)C(=O)N[C@@H](CC(C)C)C(=O)[C@@]1(C)CO1. The van der Waals surface area contributed by atoms with Crippen LogP contribution in [0.2, 0.25) is 0 Å². The molecule has 62 heavy (non-hydrogen) atoms. The molecule has 17 nitrogen and oxygen atoms in total. The Kier molecular flexibility index (Phi) is 16.5. The summed E-state index contributed by atoms with van der Waals surface area (Å²) < 4.78 is 18.4. The average molecular weight is 860 g/mol. The maximum Gasteiger partial charge on any atom is 0.342 e. The Bertz CT molecular complexity index is 2010. The number of nitrogens with one attached hydrogen (secondary N) is 4. The van der Waals surface area contributed by atoms with Crippen molar-refractivity contribution >= 4 is 35.4 Å². The number of benzene rings is 2. The van der Waals surface area contributed by atoms with Gasteiger partial charge < -0.3 is 35.5 Å². The van der Waals surface area contributed by atoms with Crippen LogP contribution in [-0.4, -0.2) is 131 Å². The molecular formula is C45H63N8O9+. The molecule has 0 radical (unpaired) electrons. The number of carbonyl (C=O) groups excluding carboxylic acids is 6. The fourth-order valence-electron chi connectivity index (χ4n) is 7.34. The van der Waals surface area contributed by atoms with Crippen LogP contribution in [0.5, 0.6) is 0 Å². The minimum absolute atomic E-state index is 0.0237. The van der Waals surface area contributed by atoms with E-state index in [1.54, 1.807) is 49.1 Å². The van der Waals surface area contributed by atoms with Gasteiger partial charge in [-0.15, -0.1) is 5.10 Å². The zero-order valence-corrected chi connectivity index (χ0v) is 37.0. The number of hydrogen-bond acceptors (Lipinski definition) is 11. The molecule has 0 aliphatic carbocycles. The number of nitrogens with zero attached hydrogens (tertiary/aromatic N) is 4. The third kappa shape index (κ3) is 13.7. The zero-order chi connectivity index (χ0) is 45.0. The van der Waals surface area contributed by atoms with Crippen LogP contribution >= 0.6 is 0 Å². The minimum Gasteiger partial charge on any atom is -0.411 e. The molecule has 336 valence electrons. The summed E-state index contributed by atoms with van der Waals surface area (Å²) in [6.07, 6.45) is 3.12. The largest absolute Gasteiger partial charge is 0.411 e. The third-order valence-electron chi connectivity index (χ3n) is 11.1. The molecule has 3 heterocycles. The first kappa shape index (κ1) is 47.5. The highest BCUT2D eigenvalue weighted by Crippen LogP contribution is 2.29. The van der Waals surface area contributed by atoms with Gasteiger partial charge in [0.15, 0.2) is 12.3 Å². The highest BCUT2D eigenvalue weighted by atomic mass is 16.6. The highest BCUT2D eigenvalue weighted by Gasteiger charge is 2.50. The van der Waals surface area contributed by atoms with Gasteiger partial charge in [0.2, 0.25) is 24.5 Å². The summed E-state index contributed by atoms with van der Waals surface area (Å²) in [6, 6.07) is 12.5. The van der Waals surface area contributed by atoms with Crippen molar-refractivity contribution in [3.63, 3.8) is 0 Å². The molecule has 3 aromatic rings. The van der Waals surface area contributed by atoms with Gasteiger partial charge >= 0.3 is 5.97 Å². The smallest absolute Gasteiger partial charge is 0.342 e. The number of carbonyl (C=O) groups is 6. The minimum atomic E-state index is -1.03. The Morgan fingerprint density at radius 3 is 2.02 bits per heavy atom. The predicted octanol–water partition coefficient (Wildman–Crippen LogP) is 2.49. The lowest BCUT2D eigenvalue weighted by Gasteiger charge is -2.39. The summed E-state index contributed by atoms with van der Waals surface area (Å²) in [5.74, 6) is -2.77. The van der Waals surface area contributed by atoms with Crippen molar-refractivity contribution < 1.29 is 47.5 Å². The number of aryl methyl sites for hydroxylation is 2. The van der Waals surface area contributed by atoms with Crippen LogP contribution in [0, 0.1) is 11.8 Å². The molecule has 0 bridgehead atoms. The van der Waals surface area contributed by atoms with Crippen LogP contribution < -0.4 is 21.3 Å². The summed E-state index contributed by atoms with van der Waals surface area (Å²) in [6.45, 7) is 12.5. The fourth-order valence-corrected chi connectivity index (χ4v) is 7.34. The van der Waals surface area contributed by atoms with Crippen molar-refractivity contribution in [2.75, 3.05) is 46.2 Å². The fraction of sp³-hybridized carbons (Fsp3) is 0.556. The van der Waals surface area contributed by atoms with Gasteiger partial charge in [-0.2, -0.15) is 0 Å². The van der Waals surface area contributed by atoms with E-state index in [2.05, 4.69) is 31.6 Å². The van der Waals surface area contributed by atoms with E-state index < -0.39 is 59.4 Å². The van der Waals surface area contributed by atoms with Gasteiger partial charge in [0, 0.05) is 12.6 Å². The van der Waals surface area contributed by atoms with Gasteiger partial charge in [-0.05, 0) is 69.1 Å². The highest BCUT2D eigenvalue weighted by molar-refractivity contribution is 5.98. The Morgan fingerprint density at radius 2 is 1.42 bits per heavy atom. The molecule has 2 fully saturated rings. The number of ketones is 1. The molecular weight excluding hydrogens is 797 g/mol. The first-order chi connectivity index (χ1) is 29.5. The number of Topliss-reactive ketones (excluding diaryl/α,β-unsaturated/α-hetero) is 1. The van der Waals surface area contributed by atoms with E-state index in [-0.39, 0.29) is 48.2 Å². The van der Waals surface area contributed by atoms with Gasteiger partial charge in [0.05, 0.1) is 37.6 Å². The second-order valence-electron chi connectivity index (χ2n) is 17.6. The monoisotopic (exact) mass is 859 g/mol. The number of morpholine rings is 1. The van der Waals surface area contributed by atoms with E-state index in [4.69, 9.17) is 14.2 Å². The van der Waals surface area contributed by atoms with Crippen molar-refractivity contribution in [1.82, 2.24) is 36.3 Å². The molecule has 1 aromatic heterocycles. The molecule has 2 aliphatic heterocycles. The lowest BCUT2D eigenvalue weighted by Crippen LogP contribution is -2.62. The molecule has 4 N–H and O–H groups in total. The predicted molar refractivity (Wildman–Crippen MR) is 229 cm³/mol. The van der Waals surface area contributed by atoms with Gasteiger partial charge in [-0.1, -0.05) is 75.4 Å². The van der Waals surface area contributed by atoms with Crippen molar-refractivity contribution in [2.24, 2.45) is 18.9 Å². The number of epoxide rings is 1. The van der Waals surface area contributed by atoms with Crippen molar-refractivity contribution in [2.45, 2.75) is 97.0 Å². The molecule has 0 spiro atoms. The number of rotatable bonds is 22. The van der Waals surface area contributed by atoms with Crippen LogP contribution in [0.25, 0.3) is 11.3 Å². The van der Waals surface area contributed by atoms with Crippen LogP contribution in [0.3, 0.4) is 0 Å². The van der Waals surface area contributed by atoms with Gasteiger partial charge in [0.25, 0.3) is 5.91 Å². The van der Waals surface area contributed by atoms with Crippen LogP contribution in [-0.2, 0) is 51.7 Å². The average Bonchev–Trinajstić information content (AvgIpc) is 3.85. The topological polar surface area (TPSA) is 212 Å². The summed E-state index contributed by atoms with van der Waals surface area (Å²) in [4.78, 5) is 81.6. The molecule has 4 amide bonds. The quantitative estimate of drug-likeness (QED) is 0.0655. The van der Waals surface area contributed by atoms with Crippen LogP contribution in [0.1, 0.15) is 76.7 Å². The molecule has 0 saturated carbocycles. The van der Waals surface area contributed by atoms with Gasteiger partial charge in [-0.3, -0.25) is 33.1 Å². The van der Waals surface area contributed by atoms with E-state index in [9.17, 15) is 28.8 Å². The number of aromatic nitrogens is 3. The molecule has 2 aromatic carbocycles. The number of amides is 4. The Hall–Kier alpha value is -5.52. The lowest BCUT2D eigenvalue weighted by atomic mass is 9.93. The third-order valence-corrected chi connectivity index (χ3v) is 11.1. The lowest BCUT2D eigenvalue weighted by molar-refractivity contribution is -0.943. The number of ether oxygens (including phenoxy) is 3. The first-order valence-corrected chi connectivity index (χ1v) is 21.5. The summed E-state index contributed by atoms with van der Waals surface area (Å²) in [5.41, 5.74) is 1.83. The normalized spacial score (nSPS) is 18.8. The molecule has 2 saturated heterocycles. The van der Waals surface area contributed by atoms with E-state index in [0.717, 1.165) is 11.1 Å². The molecule has 5 rings (SSSR count). The van der Waals surface area contributed by atoms with E-state index >= 15 is 0 Å². The van der Waals surface area contributed by atoms with E-state index in [1.807, 2.05) is 58.0 Å². The van der Waals surface area contributed by atoms with E-state index in [1.165, 1.54) is 6.92 Å². The summed E-state index contributed by atoms with van der Waals surface area (Å²) >= 11 is 0. The zero-order valence-electron chi connectivity index (χ0n) is 37.0. The van der Waals surface area contributed by atoms with Gasteiger partial charge in [0.1, 0.15) is 42.5 Å². The first-order valence-electron chi connectivity index (χ1n) is 21.5. The van der Waals surface area contributed by atoms with Crippen molar-refractivity contribution in [3.8, 4) is 11.3 Å². The van der Waals surface area contributed by atoms with Crippen LogP contribution in [0.15, 0.2) is 60.8 Å². The van der Waals surface area contributed by atoms with Crippen LogP contribution in [0.4, 0.5) is 0 Å². The van der Waals surface area contributed by atoms with Crippen molar-refractivity contribution in [3.05, 3.63) is 71.9 Å². The standard InChI is InChI=1S/C45H62N8O9/c1-29(2)23-36(40(55)45(6)27-62-45)48-41(56)31(5)46-43(58)37(24-30(3)4)49-42(57)35(18-13-32-11-9-8-10-12-32)47-39(54)26-53(19-21-60-22-20-53)28-61-44(59)34-16-14-33(15-17-34)38-25-52(7)51-50-38/h8-12,14-17,25,29-31,35-37H,13,18-24,26-28H2,1-7H3,(H3-,46,47,48,49,54,56,57,58)/p+1/t31-,35-,36-,37-,45+/m0/s1. The molecule has 2 aliphatic rings. The molecule has 5 atom stereocenters. The number of quaternary nitrogens is 1. The summed E-state index contributed by atoms with van der Waals surface area (Å²) in [5, 5.41) is 19.4. The molecule has 0 unspecified atom stereocenters. The Labute approximate surface area is 363 Å². The number of hydrogen-bond donors (Lipinski definition) is 4. The maximum absolute atomic E-state index is 14.2. The van der Waals surface area contributed by atoms with Crippen molar-refractivity contribution in [1.29, 1.82) is 0 Å². The number of esters is 1.